The third kappa shape index (κ3) is 2.17. The standard InChI is InChI=1S/C10H14N2O5/c1-6-2-9(12(15)16)11(4-6)10-3-7(14)8(5-13)17-10/h2,4,7-8,10,13-14H,3,5H2,1H3/t7-,8+,10+/m0/s1. The smallest absolute Gasteiger partial charge is 0.325 e. The number of rotatable bonds is 3. The van der Waals surface area contributed by atoms with Gasteiger partial charge in [0.1, 0.15) is 6.10 Å². The summed E-state index contributed by atoms with van der Waals surface area (Å²) in [5, 5.41) is 29.4. The number of nitrogens with zero attached hydrogens (tertiary/aromatic N) is 2. The molecule has 1 aromatic rings. The van der Waals surface area contributed by atoms with Crippen LogP contribution in [0.1, 0.15) is 18.2 Å². The van der Waals surface area contributed by atoms with E-state index in [1.807, 2.05) is 0 Å². The normalized spacial score (nSPS) is 28.5. The number of aliphatic hydroxyl groups is 2. The minimum Gasteiger partial charge on any atom is -0.394 e. The minimum absolute atomic E-state index is 0.0710. The molecule has 94 valence electrons. The SMILES string of the molecule is Cc1cc([N+](=O)[O-])n([C@H]2C[C@H](O)[C@@H](CO)O2)c1. The molecule has 0 amide bonds. The number of nitro groups is 1. The van der Waals surface area contributed by atoms with Gasteiger partial charge < -0.3 is 25.1 Å². The van der Waals surface area contributed by atoms with E-state index in [0.29, 0.717) is 0 Å². The Hall–Kier alpha value is -1.44. The van der Waals surface area contributed by atoms with Crippen molar-refractivity contribution in [1.29, 1.82) is 0 Å². The second-order valence-electron chi connectivity index (χ2n) is 4.15. The average Bonchev–Trinajstić information content (AvgIpc) is 2.81. The first-order valence-corrected chi connectivity index (χ1v) is 5.30. The molecule has 2 rings (SSSR count). The summed E-state index contributed by atoms with van der Waals surface area (Å²) < 4.78 is 6.75. The Balaban J connectivity index is 2.26. The van der Waals surface area contributed by atoms with Gasteiger partial charge in [-0.25, -0.2) is 4.57 Å². The van der Waals surface area contributed by atoms with Gasteiger partial charge in [-0.2, -0.15) is 0 Å². The number of aliphatic hydroxyl groups excluding tert-OH is 2. The lowest BCUT2D eigenvalue weighted by Crippen LogP contribution is -2.24. The van der Waals surface area contributed by atoms with Gasteiger partial charge in [-0.05, 0) is 17.4 Å². The molecule has 17 heavy (non-hydrogen) atoms. The van der Waals surface area contributed by atoms with Gasteiger partial charge in [0.25, 0.3) is 0 Å². The molecule has 0 aliphatic carbocycles. The van der Waals surface area contributed by atoms with E-state index in [4.69, 9.17) is 9.84 Å². The molecule has 1 aliphatic rings. The van der Waals surface area contributed by atoms with Gasteiger partial charge in [0.05, 0.1) is 18.9 Å². The first-order valence-electron chi connectivity index (χ1n) is 5.30. The van der Waals surface area contributed by atoms with Crippen molar-refractivity contribution in [3.05, 3.63) is 27.9 Å². The quantitative estimate of drug-likeness (QED) is 0.588. The Labute approximate surface area is 97.4 Å². The van der Waals surface area contributed by atoms with E-state index in [2.05, 4.69) is 0 Å². The van der Waals surface area contributed by atoms with E-state index in [0.717, 1.165) is 5.56 Å². The Morgan fingerprint density at radius 2 is 2.41 bits per heavy atom. The molecule has 0 unspecified atom stereocenters. The minimum atomic E-state index is -0.799. The third-order valence-electron chi connectivity index (χ3n) is 2.85. The van der Waals surface area contributed by atoms with Crippen LogP contribution in [0.15, 0.2) is 12.3 Å². The summed E-state index contributed by atoms with van der Waals surface area (Å²) in [4.78, 5) is 10.4. The Kier molecular flexibility index (Phi) is 3.14. The van der Waals surface area contributed by atoms with Gasteiger partial charge in [-0.3, -0.25) is 0 Å². The lowest BCUT2D eigenvalue weighted by Gasteiger charge is -2.10. The van der Waals surface area contributed by atoms with Crippen LogP contribution in [0.2, 0.25) is 0 Å². The van der Waals surface area contributed by atoms with Crippen LogP contribution < -0.4 is 0 Å². The summed E-state index contributed by atoms with van der Waals surface area (Å²) in [6.07, 6.45) is -0.235. The van der Waals surface area contributed by atoms with Crippen molar-refractivity contribution in [2.75, 3.05) is 6.61 Å². The van der Waals surface area contributed by atoms with Crippen molar-refractivity contribution < 1.29 is 19.9 Å². The van der Waals surface area contributed by atoms with E-state index in [1.54, 1.807) is 13.1 Å². The first-order chi connectivity index (χ1) is 8.02. The summed E-state index contributed by atoms with van der Waals surface area (Å²) >= 11 is 0. The largest absolute Gasteiger partial charge is 0.394 e. The first kappa shape index (κ1) is 12.0. The van der Waals surface area contributed by atoms with Crippen molar-refractivity contribution in [2.24, 2.45) is 0 Å². The predicted octanol–water partition coefficient (Wildman–Crippen LogP) is 0.345. The van der Waals surface area contributed by atoms with Crippen LogP contribution >= 0.6 is 0 Å². The highest BCUT2D eigenvalue weighted by Crippen LogP contribution is 2.32. The van der Waals surface area contributed by atoms with E-state index in [9.17, 15) is 15.2 Å². The van der Waals surface area contributed by atoms with E-state index < -0.39 is 23.4 Å². The molecule has 2 heterocycles. The summed E-state index contributed by atoms with van der Waals surface area (Å²) in [6.45, 7) is 1.45. The maximum absolute atomic E-state index is 10.8. The molecule has 2 N–H and O–H groups in total. The Bertz CT molecular complexity index is 430. The highest BCUT2D eigenvalue weighted by Gasteiger charge is 2.38. The number of aromatic nitrogens is 1. The monoisotopic (exact) mass is 242 g/mol. The molecule has 0 bridgehead atoms. The molecule has 1 aromatic heterocycles. The molecule has 1 fully saturated rings. The fraction of sp³-hybridized carbons (Fsp3) is 0.600. The molecule has 7 nitrogen and oxygen atoms in total. The van der Waals surface area contributed by atoms with Crippen LogP contribution in [-0.4, -0.2) is 38.5 Å². The summed E-state index contributed by atoms with van der Waals surface area (Å²) in [7, 11) is 0. The average molecular weight is 242 g/mol. The molecule has 0 spiro atoms. The van der Waals surface area contributed by atoms with Crippen LogP contribution in [0.3, 0.4) is 0 Å². The fourth-order valence-corrected chi connectivity index (χ4v) is 2.03. The van der Waals surface area contributed by atoms with Crippen LogP contribution in [-0.2, 0) is 4.74 Å². The fourth-order valence-electron chi connectivity index (χ4n) is 2.03. The predicted molar refractivity (Wildman–Crippen MR) is 57.4 cm³/mol. The van der Waals surface area contributed by atoms with Crippen molar-refractivity contribution in [3.8, 4) is 0 Å². The van der Waals surface area contributed by atoms with E-state index in [-0.39, 0.29) is 18.8 Å². The third-order valence-corrected chi connectivity index (χ3v) is 2.85. The lowest BCUT2D eigenvalue weighted by molar-refractivity contribution is -0.393. The van der Waals surface area contributed by atoms with Gasteiger partial charge >= 0.3 is 5.82 Å². The molecule has 7 heteroatoms. The van der Waals surface area contributed by atoms with Gasteiger partial charge in [0, 0.05) is 12.5 Å². The van der Waals surface area contributed by atoms with E-state index in [1.165, 1.54) is 10.6 Å². The van der Waals surface area contributed by atoms with Gasteiger partial charge in [0.2, 0.25) is 6.23 Å². The highest BCUT2D eigenvalue weighted by molar-refractivity contribution is 5.29. The number of hydrogen-bond acceptors (Lipinski definition) is 5. The Morgan fingerprint density at radius 3 is 2.94 bits per heavy atom. The van der Waals surface area contributed by atoms with Crippen LogP contribution in [0, 0.1) is 17.0 Å². The summed E-state index contributed by atoms with van der Waals surface area (Å²) in [5.41, 5.74) is 0.752. The number of ether oxygens (including phenoxy) is 1. The van der Waals surface area contributed by atoms with Gasteiger partial charge in [0.15, 0.2) is 0 Å². The van der Waals surface area contributed by atoms with Crippen molar-refractivity contribution >= 4 is 5.82 Å². The van der Waals surface area contributed by atoms with Gasteiger partial charge in [-0.15, -0.1) is 0 Å². The molecule has 0 saturated carbocycles. The molecular weight excluding hydrogens is 228 g/mol. The molecule has 0 aromatic carbocycles. The molecule has 3 atom stereocenters. The number of aryl methyl sites for hydroxylation is 1. The lowest BCUT2D eigenvalue weighted by atomic mass is 10.2. The van der Waals surface area contributed by atoms with Crippen molar-refractivity contribution in [2.45, 2.75) is 31.8 Å². The summed E-state index contributed by atoms with van der Waals surface area (Å²) in [6, 6.07) is 1.45. The topological polar surface area (TPSA) is 97.8 Å². The number of hydrogen-bond donors (Lipinski definition) is 2. The molecule has 1 saturated heterocycles. The second-order valence-corrected chi connectivity index (χ2v) is 4.15. The van der Waals surface area contributed by atoms with Crippen molar-refractivity contribution in [1.82, 2.24) is 4.57 Å². The summed E-state index contributed by atoms with van der Waals surface area (Å²) in [5.74, 6) is -0.0710. The molecule has 1 aliphatic heterocycles. The maximum atomic E-state index is 10.8. The zero-order valence-electron chi connectivity index (χ0n) is 9.31. The van der Waals surface area contributed by atoms with Crippen LogP contribution in [0.25, 0.3) is 0 Å². The Morgan fingerprint density at radius 1 is 1.71 bits per heavy atom. The zero-order chi connectivity index (χ0) is 12.6. The van der Waals surface area contributed by atoms with Crippen LogP contribution in [0.4, 0.5) is 5.82 Å². The maximum Gasteiger partial charge on any atom is 0.325 e. The molecule has 0 radical (unpaired) electrons. The highest BCUT2D eigenvalue weighted by atomic mass is 16.6. The second kappa shape index (κ2) is 4.44. The zero-order valence-corrected chi connectivity index (χ0v) is 9.31. The van der Waals surface area contributed by atoms with Gasteiger partial charge in [-0.1, -0.05) is 0 Å². The van der Waals surface area contributed by atoms with Crippen LogP contribution in [0.5, 0.6) is 0 Å². The molecular formula is C10H14N2O5. The van der Waals surface area contributed by atoms with Crippen molar-refractivity contribution in [3.63, 3.8) is 0 Å². The van der Waals surface area contributed by atoms with E-state index >= 15 is 0 Å².